The normalized spacial score (nSPS) is 11.7. The van der Waals surface area contributed by atoms with E-state index < -0.39 is 0 Å². The first-order valence-corrected chi connectivity index (χ1v) is 32.9. The molecule has 0 aromatic heterocycles. The molecule has 0 spiro atoms. The van der Waals surface area contributed by atoms with Gasteiger partial charge in [-0.05, 0) is 45.4 Å². The lowest BCUT2D eigenvalue weighted by Gasteiger charge is -2.09. The van der Waals surface area contributed by atoms with Gasteiger partial charge in [-0.1, -0.05) is 129 Å². The molecule has 0 aliphatic rings. The van der Waals surface area contributed by atoms with E-state index in [-0.39, 0.29) is 11.6 Å². The van der Waals surface area contributed by atoms with Crippen molar-refractivity contribution in [3.05, 3.63) is 0 Å². The quantitative estimate of drug-likeness (QED) is 0.0524. The van der Waals surface area contributed by atoms with E-state index in [1.165, 1.54) is 122 Å². The minimum absolute atomic E-state index is 0.141. The summed E-state index contributed by atoms with van der Waals surface area (Å²) in [4.78, 5) is 22.1. The van der Waals surface area contributed by atoms with Gasteiger partial charge in [-0.2, -0.15) is 0 Å². The summed E-state index contributed by atoms with van der Waals surface area (Å²) >= 11 is 0. The van der Waals surface area contributed by atoms with Crippen LogP contribution in [0.3, 0.4) is 0 Å². The number of carbonyl (C=O) groups excluding carboxylic acids is 2. The standard InChI is InChI=1S/C64H126O18/c1-3-64(66)29-28-35-71-41-47-77-53-59-82-62-61-81-58-52-76-46-40-70-34-27-23-26-33-69-39-45-75-51-56-79-55-49-73-43-37-67-31-24-21-19-17-15-13-11-9-7-5-4-6-8-10-12-14-16-18-20-22-25-32-68-38-44-74-50-57-80-60-54-78-48-42-72-36-30-63(2)65/h3-62H2,1-2H3. The average Bonchev–Trinajstić information content (AvgIpc) is 3.48. The van der Waals surface area contributed by atoms with Gasteiger partial charge in [0.15, 0.2) is 0 Å². The Morgan fingerprint density at radius 2 is 0.329 bits per heavy atom. The summed E-state index contributed by atoms with van der Waals surface area (Å²) in [6, 6.07) is 0. The van der Waals surface area contributed by atoms with Gasteiger partial charge in [-0.15, -0.1) is 0 Å². The molecule has 0 unspecified atom stereocenters. The molecule has 18 heteroatoms. The first kappa shape index (κ1) is 80.7. The lowest BCUT2D eigenvalue weighted by molar-refractivity contribution is -0.119. The molecule has 0 saturated carbocycles. The highest BCUT2D eigenvalue weighted by molar-refractivity contribution is 5.77. The van der Waals surface area contributed by atoms with Crippen LogP contribution in [-0.2, 0) is 85.4 Å². The van der Waals surface area contributed by atoms with Gasteiger partial charge in [0, 0.05) is 52.3 Å². The van der Waals surface area contributed by atoms with Crippen molar-refractivity contribution >= 4 is 11.6 Å². The van der Waals surface area contributed by atoms with Crippen molar-refractivity contribution in [3.63, 3.8) is 0 Å². The molecule has 0 saturated heterocycles. The molecule has 0 bridgehead atoms. The summed E-state index contributed by atoms with van der Waals surface area (Å²) in [5.41, 5.74) is 0. The summed E-state index contributed by atoms with van der Waals surface area (Å²) in [6.45, 7) is 22.1. The van der Waals surface area contributed by atoms with E-state index in [1.807, 2.05) is 6.92 Å². The van der Waals surface area contributed by atoms with E-state index in [0.717, 1.165) is 65.0 Å². The topological polar surface area (TPSA) is 182 Å². The van der Waals surface area contributed by atoms with Crippen LogP contribution < -0.4 is 0 Å². The Bertz CT molecular complexity index is 1190. The Morgan fingerprint density at radius 3 is 0.512 bits per heavy atom. The highest BCUT2D eigenvalue weighted by Crippen LogP contribution is 2.15. The van der Waals surface area contributed by atoms with E-state index in [2.05, 4.69) is 0 Å². The number of hydrogen-bond acceptors (Lipinski definition) is 18. The smallest absolute Gasteiger partial charge is 0.132 e. The van der Waals surface area contributed by atoms with Crippen LogP contribution >= 0.6 is 0 Å². The maximum atomic E-state index is 11.2. The summed E-state index contributed by atoms with van der Waals surface area (Å²) in [6.07, 6.45) is 33.9. The maximum Gasteiger partial charge on any atom is 0.132 e. The lowest BCUT2D eigenvalue weighted by atomic mass is 10.0. The van der Waals surface area contributed by atoms with Crippen molar-refractivity contribution in [2.75, 3.05) is 211 Å². The second-order valence-corrected chi connectivity index (χ2v) is 20.7. The molecule has 0 radical (unpaired) electrons. The number of hydrogen-bond donors (Lipinski definition) is 0. The zero-order valence-corrected chi connectivity index (χ0v) is 52.8. The highest BCUT2D eigenvalue weighted by atomic mass is 16.6. The Hall–Kier alpha value is -1.30. The van der Waals surface area contributed by atoms with Crippen LogP contribution in [0, 0.1) is 0 Å². The van der Waals surface area contributed by atoms with Crippen LogP contribution in [-0.4, -0.2) is 223 Å². The van der Waals surface area contributed by atoms with Crippen LogP contribution in [0.2, 0.25) is 0 Å². The van der Waals surface area contributed by atoms with E-state index >= 15 is 0 Å². The molecule has 0 aromatic carbocycles. The van der Waals surface area contributed by atoms with Gasteiger partial charge in [-0.25, -0.2) is 0 Å². The Balaban J connectivity index is 3.09. The predicted molar refractivity (Wildman–Crippen MR) is 324 cm³/mol. The number of ether oxygens (including phenoxy) is 16. The molecule has 82 heavy (non-hydrogen) atoms. The summed E-state index contributed by atoms with van der Waals surface area (Å²) in [5, 5.41) is 0. The molecular formula is C64H126O18. The van der Waals surface area contributed by atoms with E-state index in [4.69, 9.17) is 75.8 Å². The van der Waals surface area contributed by atoms with Crippen molar-refractivity contribution in [2.45, 2.75) is 194 Å². The summed E-state index contributed by atoms with van der Waals surface area (Å²) < 4.78 is 88.9. The van der Waals surface area contributed by atoms with E-state index in [0.29, 0.717) is 204 Å². The van der Waals surface area contributed by atoms with Crippen molar-refractivity contribution < 1.29 is 85.4 Å². The van der Waals surface area contributed by atoms with Crippen LogP contribution in [0.4, 0.5) is 0 Å². The molecular weight excluding hydrogens is 1060 g/mol. The van der Waals surface area contributed by atoms with Crippen molar-refractivity contribution in [2.24, 2.45) is 0 Å². The molecule has 0 atom stereocenters. The van der Waals surface area contributed by atoms with Gasteiger partial charge in [0.2, 0.25) is 0 Å². The number of ketones is 2. The fraction of sp³-hybridized carbons (Fsp3) is 0.969. The number of carbonyl (C=O) groups is 2. The largest absolute Gasteiger partial charge is 0.379 e. The van der Waals surface area contributed by atoms with Gasteiger partial charge in [0.05, 0.1) is 178 Å². The van der Waals surface area contributed by atoms with Gasteiger partial charge < -0.3 is 75.8 Å². The predicted octanol–water partition coefficient (Wildman–Crippen LogP) is 11.4. The molecule has 0 aliphatic carbocycles. The highest BCUT2D eigenvalue weighted by Gasteiger charge is 2.02. The molecule has 0 amide bonds. The molecule has 0 aliphatic heterocycles. The third-order valence-electron chi connectivity index (χ3n) is 13.2. The first-order chi connectivity index (χ1) is 40.7. The van der Waals surface area contributed by atoms with Crippen molar-refractivity contribution in [3.8, 4) is 0 Å². The van der Waals surface area contributed by atoms with Crippen molar-refractivity contribution in [1.82, 2.24) is 0 Å². The van der Waals surface area contributed by atoms with Gasteiger partial charge in [0.25, 0.3) is 0 Å². The van der Waals surface area contributed by atoms with Crippen LogP contribution in [0.25, 0.3) is 0 Å². The second-order valence-electron chi connectivity index (χ2n) is 20.7. The fourth-order valence-electron chi connectivity index (χ4n) is 8.28. The summed E-state index contributed by atoms with van der Waals surface area (Å²) in [7, 11) is 0. The molecule has 0 N–H and O–H groups in total. The van der Waals surface area contributed by atoms with E-state index in [1.54, 1.807) is 6.92 Å². The SMILES string of the molecule is CCC(=O)CCCOCCOCCOCCOCCOCCOCCCCCOCCOCCOCCOCCOCCCCCCCCCCCCCCCCCCCCCCCOCCOCCOCCOCCOCCC(C)=O. The molecule has 18 nitrogen and oxygen atoms in total. The molecule has 0 fully saturated rings. The number of unbranched alkanes of at least 4 members (excludes halogenated alkanes) is 22. The van der Waals surface area contributed by atoms with Crippen LogP contribution in [0.5, 0.6) is 0 Å². The second kappa shape index (κ2) is 75.8. The van der Waals surface area contributed by atoms with Crippen LogP contribution in [0.15, 0.2) is 0 Å². The van der Waals surface area contributed by atoms with Gasteiger partial charge in [-0.3, -0.25) is 9.59 Å². The maximum absolute atomic E-state index is 11.2. The van der Waals surface area contributed by atoms with Gasteiger partial charge in [0.1, 0.15) is 11.6 Å². The first-order valence-electron chi connectivity index (χ1n) is 32.9. The van der Waals surface area contributed by atoms with Crippen molar-refractivity contribution in [1.29, 1.82) is 0 Å². The number of rotatable bonds is 77. The van der Waals surface area contributed by atoms with E-state index in [9.17, 15) is 9.59 Å². The third-order valence-corrected chi connectivity index (χ3v) is 13.2. The minimum Gasteiger partial charge on any atom is -0.379 e. The average molecular weight is 1180 g/mol. The van der Waals surface area contributed by atoms with Crippen LogP contribution in [0.1, 0.15) is 194 Å². The Kier molecular flexibility index (Phi) is 74.6. The molecule has 490 valence electrons. The Labute approximate surface area is 500 Å². The van der Waals surface area contributed by atoms with Gasteiger partial charge >= 0.3 is 0 Å². The minimum atomic E-state index is 0.141. The zero-order valence-electron chi connectivity index (χ0n) is 52.8. The Morgan fingerprint density at radius 1 is 0.183 bits per heavy atom. The number of Topliss-reactive ketones (excluding diaryl/α,β-unsaturated/α-hetero) is 2. The molecule has 0 aromatic rings. The monoisotopic (exact) mass is 1180 g/mol. The fourth-order valence-corrected chi connectivity index (χ4v) is 8.28. The molecule has 0 rings (SSSR count). The molecule has 0 heterocycles. The zero-order chi connectivity index (χ0) is 58.9. The lowest BCUT2D eigenvalue weighted by Crippen LogP contribution is -2.14. The third kappa shape index (κ3) is 76.7. The summed E-state index contributed by atoms with van der Waals surface area (Å²) in [5.74, 6) is 0.421.